The summed E-state index contributed by atoms with van der Waals surface area (Å²) >= 11 is 0. The molecule has 3 aromatic rings. The molecule has 178 valence electrons. The van der Waals surface area contributed by atoms with E-state index >= 15 is 0 Å². The number of nitrogens with one attached hydrogen (secondary N) is 2. The first-order chi connectivity index (χ1) is 16.2. The minimum absolute atomic E-state index is 0.0384. The Balaban J connectivity index is 1.65. The van der Waals surface area contributed by atoms with Gasteiger partial charge in [-0.1, -0.05) is 6.07 Å². The quantitative estimate of drug-likeness (QED) is 0.443. The molecule has 3 rings (SSSR count). The molecule has 0 bridgehead atoms. The standard InChI is InChI=1S/C24H26N4O5S/c1-5-33-21-12-6-18(15-22(21)32-4)7-13-24(29)27-19-8-10-20(11-9-19)34(30,31)28-23-14-16(2)25-17(3)26-23/h6-15H,5H2,1-4H3,(H,27,29)(H,25,26,28)/b13-7+. The second kappa shape index (κ2) is 10.8. The predicted octanol–water partition coefficient (Wildman–Crippen LogP) is 3.95. The Morgan fingerprint density at radius 3 is 2.41 bits per heavy atom. The van der Waals surface area contributed by atoms with Crippen molar-refractivity contribution in [2.75, 3.05) is 23.8 Å². The Kier molecular flexibility index (Phi) is 7.85. The second-order valence-corrected chi connectivity index (χ2v) is 8.92. The molecule has 0 atom stereocenters. The molecule has 10 heteroatoms. The van der Waals surface area contributed by atoms with E-state index in [-0.39, 0.29) is 16.6 Å². The number of carbonyl (C=O) groups is 1. The predicted molar refractivity (Wildman–Crippen MR) is 131 cm³/mol. The number of methoxy groups -OCH3 is 1. The molecule has 1 amide bonds. The Bertz CT molecular complexity index is 1290. The van der Waals surface area contributed by atoms with Gasteiger partial charge in [0, 0.05) is 23.5 Å². The molecule has 0 unspecified atom stereocenters. The van der Waals surface area contributed by atoms with E-state index in [9.17, 15) is 13.2 Å². The lowest BCUT2D eigenvalue weighted by molar-refractivity contribution is -0.111. The van der Waals surface area contributed by atoms with Crippen LogP contribution in [0.2, 0.25) is 0 Å². The zero-order chi connectivity index (χ0) is 24.7. The number of nitrogens with zero attached hydrogens (tertiary/aromatic N) is 2. The number of hydrogen-bond acceptors (Lipinski definition) is 7. The third-order valence-electron chi connectivity index (χ3n) is 4.55. The van der Waals surface area contributed by atoms with Crippen LogP contribution in [0.5, 0.6) is 11.5 Å². The van der Waals surface area contributed by atoms with Crippen LogP contribution in [0, 0.1) is 13.8 Å². The summed E-state index contributed by atoms with van der Waals surface area (Å²) in [5.74, 6) is 1.49. The number of aryl methyl sites for hydroxylation is 2. The molecule has 0 aliphatic heterocycles. The van der Waals surface area contributed by atoms with Gasteiger partial charge in [0.05, 0.1) is 18.6 Å². The maximum absolute atomic E-state index is 12.6. The number of ether oxygens (including phenoxy) is 2. The van der Waals surface area contributed by atoms with Gasteiger partial charge in [-0.3, -0.25) is 9.52 Å². The third-order valence-corrected chi connectivity index (χ3v) is 5.92. The van der Waals surface area contributed by atoms with Crippen LogP contribution < -0.4 is 19.5 Å². The summed E-state index contributed by atoms with van der Waals surface area (Å²) in [5.41, 5.74) is 1.87. The van der Waals surface area contributed by atoms with Gasteiger partial charge in [0.2, 0.25) is 5.91 Å². The first-order valence-corrected chi connectivity index (χ1v) is 11.9. The van der Waals surface area contributed by atoms with Crippen LogP contribution in [0.4, 0.5) is 11.5 Å². The molecule has 0 radical (unpaired) electrons. The summed E-state index contributed by atoms with van der Waals surface area (Å²) in [6.45, 7) is 5.84. The highest BCUT2D eigenvalue weighted by Crippen LogP contribution is 2.28. The summed E-state index contributed by atoms with van der Waals surface area (Å²) in [6, 6.07) is 12.7. The monoisotopic (exact) mass is 482 g/mol. The number of sulfonamides is 1. The van der Waals surface area contributed by atoms with Crippen LogP contribution in [0.3, 0.4) is 0 Å². The fourth-order valence-corrected chi connectivity index (χ4v) is 4.09. The minimum atomic E-state index is -3.84. The molecule has 0 spiro atoms. The first kappa shape index (κ1) is 24.7. The number of rotatable bonds is 9. The molecule has 0 aliphatic carbocycles. The van der Waals surface area contributed by atoms with E-state index in [2.05, 4.69) is 20.0 Å². The SMILES string of the molecule is CCOc1ccc(/C=C/C(=O)Nc2ccc(S(=O)(=O)Nc3cc(C)nc(C)n3)cc2)cc1OC. The average molecular weight is 483 g/mol. The second-order valence-electron chi connectivity index (χ2n) is 7.24. The number of aromatic nitrogens is 2. The highest BCUT2D eigenvalue weighted by Gasteiger charge is 2.15. The summed E-state index contributed by atoms with van der Waals surface area (Å²) < 4.78 is 38.5. The molecule has 0 saturated heterocycles. The third kappa shape index (κ3) is 6.55. The molecule has 34 heavy (non-hydrogen) atoms. The molecular formula is C24H26N4O5S. The van der Waals surface area contributed by atoms with E-state index in [1.54, 1.807) is 45.2 Å². The summed E-state index contributed by atoms with van der Waals surface area (Å²) in [5, 5.41) is 2.70. The lowest BCUT2D eigenvalue weighted by Gasteiger charge is -2.10. The normalized spacial score (nSPS) is 11.3. The highest BCUT2D eigenvalue weighted by molar-refractivity contribution is 7.92. The molecule has 0 fully saturated rings. The van der Waals surface area contributed by atoms with E-state index in [1.165, 1.54) is 30.3 Å². The number of hydrogen-bond donors (Lipinski definition) is 2. The lowest BCUT2D eigenvalue weighted by atomic mass is 10.2. The highest BCUT2D eigenvalue weighted by atomic mass is 32.2. The number of benzene rings is 2. The molecule has 9 nitrogen and oxygen atoms in total. The van der Waals surface area contributed by atoms with Gasteiger partial charge < -0.3 is 14.8 Å². The van der Waals surface area contributed by atoms with Gasteiger partial charge in [0.1, 0.15) is 11.6 Å². The zero-order valence-corrected chi connectivity index (χ0v) is 20.1. The van der Waals surface area contributed by atoms with Gasteiger partial charge in [-0.25, -0.2) is 18.4 Å². The van der Waals surface area contributed by atoms with Gasteiger partial charge in [-0.2, -0.15) is 0 Å². The van der Waals surface area contributed by atoms with Crippen LogP contribution in [0.25, 0.3) is 6.08 Å². The smallest absolute Gasteiger partial charge is 0.263 e. The molecule has 1 heterocycles. The number of anilines is 2. The van der Waals surface area contributed by atoms with Crippen molar-refractivity contribution in [3.05, 3.63) is 71.7 Å². The summed E-state index contributed by atoms with van der Waals surface area (Å²) in [6.07, 6.45) is 3.02. The van der Waals surface area contributed by atoms with Crippen molar-refractivity contribution >= 4 is 33.5 Å². The largest absolute Gasteiger partial charge is 0.493 e. The van der Waals surface area contributed by atoms with E-state index < -0.39 is 10.0 Å². The summed E-state index contributed by atoms with van der Waals surface area (Å²) in [4.78, 5) is 20.6. The molecular weight excluding hydrogens is 456 g/mol. The van der Waals surface area contributed by atoms with Crippen molar-refractivity contribution in [3.8, 4) is 11.5 Å². The number of carbonyl (C=O) groups excluding carboxylic acids is 1. The Morgan fingerprint density at radius 1 is 1.03 bits per heavy atom. The zero-order valence-electron chi connectivity index (χ0n) is 19.3. The van der Waals surface area contributed by atoms with Crippen molar-refractivity contribution in [2.24, 2.45) is 0 Å². The van der Waals surface area contributed by atoms with E-state index in [0.717, 1.165) is 5.56 Å². The first-order valence-electron chi connectivity index (χ1n) is 10.4. The molecule has 0 aliphatic rings. The molecule has 2 N–H and O–H groups in total. The molecule has 2 aromatic carbocycles. The van der Waals surface area contributed by atoms with Crippen LogP contribution in [-0.2, 0) is 14.8 Å². The molecule has 1 aromatic heterocycles. The van der Waals surface area contributed by atoms with Crippen molar-refractivity contribution in [1.82, 2.24) is 9.97 Å². The maximum atomic E-state index is 12.6. The van der Waals surface area contributed by atoms with Crippen LogP contribution >= 0.6 is 0 Å². The van der Waals surface area contributed by atoms with Crippen LogP contribution in [-0.4, -0.2) is 38.0 Å². The van der Waals surface area contributed by atoms with Gasteiger partial charge >= 0.3 is 0 Å². The van der Waals surface area contributed by atoms with Crippen molar-refractivity contribution in [3.63, 3.8) is 0 Å². The maximum Gasteiger partial charge on any atom is 0.263 e. The minimum Gasteiger partial charge on any atom is -0.493 e. The van der Waals surface area contributed by atoms with E-state index in [1.807, 2.05) is 13.0 Å². The van der Waals surface area contributed by atoms with Crippen molar-refractivity contribution < 1.29 is 22.7 Å². The van der Waals surface area contributed by atoms with Crippen LogP contribution in [0.15, 0.2) is 59.5 Å². The van der Waals surface area contributed by atoms with E-state index in [4.69, 9.17) is 9.47 Å². The van der Waals surface area contributed by atoms with Gasteiger partial charge in [-0.05, 0) is 68.8 Å². The average Bonchev–Trinajstić information content (AvgIpc) is 2.78. The van der Waals surface area contributed by atoms with Crippen molar-refractivity contribution in [1.29, 1.82) is 0 Å². The summed E-state index contributed by atoms with van der Waals surface area (Å²) in [7, 11) is -2.29. The Morgan fingerprint density at radius 2 is 1.76 bits per heavy atom. The van der Waals surface area contributed by atoms with Gasteiger partial charge in [0.25, 0.3) is 10.0 Å². The fourth-order valence-electron chi connectivity index (χ4n) is 3.10. The topological polar surface area (TPSA) is 120 Å². The Hall–Kier alpha value is -3.92. The molecule has 0 saturated carbocycles. The fraction of sp³-hybridized carbons (Fsp3) is 0.208. The van der Waals surface area contributed by atoms with E-state index in [0.29, 0.717) is 35.3 Å². The number of amides is 1. The van der Waals surface area contributed by atoms with Crippen LogP contribution in [0.1, 0.15) is 24.0 Å². The lowest BCUT2D eigenvalue weighted by Crippen LogP contribution is -2.15. The Labute approximate surface area is 198 Å². The van der Waals surface area contributed by atoms with Crippen molar-refractivity contribution in [2.45, 2.75) is 25.7 Å². The van der Waals surface area contributed by atoms with Gasteiger partial charge in [-0.15, -0.1) is 0 Å². The van der Waals surface area contributed by atoms with Gasteiger partial charge in [0.15, 0.2) is 11.5 Å².